The molecule has 0 spiro atoms. The molecular formula is C13H21NO2S. The molecule has 0 saturated carbocycles. The second-order valence-electron chi connectivity index (χ2n) is 4.92. The van der Waals surface area contributed by atoms with Crippen molar-refractivity contribution in [3.63, 3.8) is 0 Å². The highest BCUT2D eigenvalue weighted by Gasteiger charge is 2.10. The lowest BCUT2D eigenvalue weighted by Crippen LogP contribution is -2.11. The van der Waals surface area contributed by atoms with Gasteiger partial charge in [0.25, 0.3) is 0 Å². The molecule has 0 aliphatic rings. The van der Waals surface area contributed by atoms with Gasteiger partial charge in [0.1, 0.15) is 0 Å². The summed E-state index contributed by atoms with van der Waals surface area (Å²) in [7, 11) is -3.11. The van der Waals surface area contributed by atoms with Crippen LogP contribution in [0.5, 0.6) is 0 Å². The molecule has 0 heterocycles. The smallest absolute Gasteiger partial charge is 0.175 e. The lowest BCUT2D eigenvalue weighted by Gasteiger charge is -2.13. The molecule has 17 heavy (non-hydrogen) atoms. The lowest BCUT2D eigenvalue weighted by molar-refractivity contribution is 0.507. The Labute approximate surface area is 104 Å². The normalized spacial score (nSPS) is 13.9. The molecule has 96 valence electrons. The number of sulfone groups is 1. The Morgan fingerprint density at radius 2 is 1.65 bits per heavy atom. The van der Waals surface area contributed by atoms with E-state index in [-0.39, 0.29) is 6.04 Å². The minimum Gasteiger partial charge on any atom is -0.324 e. The highest BCUT2D eigenvalue weighted by molar-refractivity contribution is 7.90. The van der Waals surface area contributed by atoms with E-state index in [0.29, 0.717) is 10.8 Å². The highest BCUT2D eigenvalue weighted by atomic mass is 32.2. The van der Waals surface area contributed by atoms with Gasteiger partial charge in [-0.05, 0) is 36.5 Å². The summed E-state index contributed by atoms with van der Waals surface area (Å²) >= 11 is 0. The van der Waals surface area contributed by atoms with Crippen LogP contribution in [0.3, 0.4) is 0 Å². The Bertz CT molecular complexity index is 449. The van der Waals surface area contributed by atoms with Crippen LogP contribution in [0.4, 0.5) is 0 Å². The van der Waals surface area contributed by atoms with Crippen LogP contribution in [-0.2, 0) is 9.84 Å². The fourth-order valence-corrected chi connectivity index (χ4v) is 2.27. The maximum Gasteiger partial charge on any atom is 0.175 e. The van der Waals surface area contributed by atoms with Gasteiger partial charge in [-0.2, -0.15) is 0 Å². The van der Waals surface area contributed by atoms with Crippen molar-refractivity contribution >= 4 is 9.84 Å². The van der Waals surface area contributed by atoms with Gasteiger partial charge in [-0.1, -0.05) is 26.0 Å². The third kappa shape index (κ3) is 4.48. The number of nitrogens with two attached hydrogens (primary N) is 1. The van der Waals surface area contributed by atoms with E-state index in [1.54, 1.807) is 24.3 Å². The summed E-state index contributed by atoms with van der Waals surface area (Å²) in [5.41, 5.74) is 7.05. The van der Waals surface area contributed by atoms with Crippen LogP contribution >= 0.6 is 0 Å². The molecule has 1 atom stereocenters. The van der Waals surface area contributed by atoms with E-state index in [4.69, 9.17) is 5.73 Å². The quantitative estimate of drug-likeness (QED) is 0.879. The minimum absolute atomic E-state index is 0.00832. The van der Waals surface area contributed by atoms with Crippen molar-refractivity contribution in [1.82, 2.24) is 0 Å². The van der Waals surface area contributed by atoms with Gasteiger partial charge in [-0.15, -0.1) is 0 Å². The average molecular weight is 255 g/mol. The maximum atomic E-state index is 11.3. The summed E-state index contributed by atoms with van der Waals surface area (Å²) < 4.78 is 22.6. The zero-order valence-corrected chi connectivity index (χ0v) is 11.5. The van der Waals surface area contributed by atoms with Gasteiger partial charge < -0.3 is 5.73 Å². The molecule has 0 fully saturated rings. The van der Waals surface area contributed by atoms with Gasteiger partial charge in [-0.3, -0.25) is 0 Å². The van der Waals surface area contributed by atoms with E-state index in [9.17, 15) is 8.42 Å². The zero-order valence-electron chi connectivity index (χ0n) is 10.7. The van der Waals surface area contributed by atoms with Crippen LogP contribution in [0, 0.1) is 5.92 Å². The SMILES string of the molecule is CC(C)CC[C@H](N)c1ccc(S(C)(=O)=O)cc1. The Morgan fingerprint density at radius 3 is 2.06 bits per heavy atom. The molecule has 0 unspecified atom stereocenters. The summed E-state index contributed by atoms with van der Waals surface area (Å²) in [6.07, 6.45) is 3.21. The molecule has 2 N–H and O–H groups in total. The van der Waals surface area contributed by atoms with Crippen molar-refractivity contribution in [3.8, 4) is 0 Å². The molecule has 0 aliphatic heterocycles. The zero-order chi connectivity index (χ0) is 13.1. The van der Waals surface area contributed by atoms with Crippen molar-refractivity contribution in [1.29, 1.82) is 0 Å². The standard InChI is InChI=1S/C13H21NO2S/c1-10(2)4-9-13(14)11-5-7-12(8-6-11)17(3,15)16/h5-8,10,13H,4,9,14H2,1-3H3/t13-/m0/s1. The third-order valence-corrected chi connectivity index (χ3v) is 3.92. The van der Waals surface area contributed by atoms with Gasteiger partial charge >= 0.3 is 0 Å². The summed E-state index contributed by atoms with van der Waals surface area (Å²) in [6, 6.07) is 6.86. The first-order chi connectivity index (χ1) is 7.80. The first kappa shape index (κ1) is 14.2. The second kappa shape index (κ2) is 5.65. The fourth-order valence-electron chi connectivity index (χ4n) is 1.64. The number of benzene rings is 1. The maximum absolute atomic E-state index is 11.3. The van der Waals surface area contributed by atoms with Crippen molar-refractivity contribution in [3.05, 3.63) is 29.8 Å². The van der Waals surface area contributed by atoms with E-state index in [1.807, 2.05) is 0 Å². The molecular weight excluding hydrogens is 234 g/mol. The Kier molecular flexibility index (Phi) is 4.71. The van der Waals surface area contributed by atoms with Crippen LogP contribution < -0.4 is 5.73 Å². The predicted octanol–water partition coefficient (Wildman–Crippen LogP) is 2.53. The molecule has 0 bridgehead atoms. The molecule has 0 saturated heterocycles. The Balaban J connectivity index is 2.74. The lowest BCUT2D eigenvalue weighted by atomic mass is 9.98. The van der Waals surface area contributed by atoms with Crippen LogP contribution in [0.25, 0.3) is 0 Å². The highest BCUT2D eigenvalue weighted by Crippen LogP contribution is 2.20. The number of hydrogen-bond acceptors (Lipinski definition) is 3. The molecule has 0 radical (unpaired) electrons. The first-order valence-corrected chi connectivity index (χ1v) is 7.75. The van der Waals surface area contributed by atoms with Crippen molar-refractivity contribution in [2.75, 3.05) is 6.26 Å². The van der Waals surface area contributed by atoms with Crippen LogP contribution in [0.15, 0.2) is 29.2 Å². The minimum atomic E-state index is -3.11. The summed E-state index contributed by atoms with van der Waals surface area (Å²) in [5.74, 6) is 0.636. The van der Waals surface area contributed by atoms with Gasteiger partial charge in [0.05, 0.1) is 4.90 Å². The van der Waals surface area contributed by atoms with E-state index in [0.717, 1.165) is 18.4 Å². The fraction of sp³-hybridized carbons (Fsp3) is 0.538. The summed E-state index contributed by atoms with van der Waals surface area (Å²) in [4.78, 5) is 0.345. The van der Waals surface area contributed by atoms with Crippen LogP contribution in [0.2, 0.25) is 0 Å². The molecule has 0 amide bonds. The van der Waals surface area contributed by atoms with E-state index in [1.165, 1.54) is 6.26 Å². The molecule has 1 aromatic rings. The topological polar surface area (TPSA) is 60.2 Å². The summed E-state index contributed by atoms with van der Waals surface area (Å²) in [5, 5.41) is 0. The van der Waals surface area contributed by atoms with Gasteiger partial charge in [0.2, 0.25) is 0 Å². The van der Waals surface area contributed by atoms with Gasteiger partial charge in [-0.25, -0.2) is 8.42 Å². The van der Waals surface area contributed by atoms with Crippen molar-refractivity contribution in [2.45, 2.75) is 37.6 Å². The molecule has 1 aromatic carbocycles. The monoisotopic (exact) mass is 255 g/mol. The third-order valence-electron chi connectivity index (χ3n) is 2.79. The molecule has 3 nitrogen and oxygen atoms in total. The molecule has 0 aromatic heterocycles. The number of rotatable bonds is 5. The average Bonchev–Trinajstić information content (AvgIpc) is 2.25. The van der Waals surface area contributed by atoms with E-state index < -0.39 is 9.84 Å². The van der Waals surface area contributed by atoms with Crippen LogP contribution in [-0.4, -0.2) is 14.7 Å². The first-order valence-electron chi connectivity index (χ1n) is 5.86. The Morgan fingerprint density at radius 1 is 1.12 bits per heavy atom. The molecule has 0 aliphatic carbocycles. The van der Waals surface area contributed by atoms with Crippen molar-refractivity contribution < 1.29 is 8.42 Å². The molecule has 4 heteroatoms. The van der Waals surface area contributed by atoms with E-state index >= 15 is 0 Å². The van der Waals surface area contributed by atoms with Crippen LogP contribution in [0.1, 0.15) is 38.3 Å². The van der Waals surface area contributed by atoms with E-state index in [2.05, 4.69) is 13.8 Å². The number of hydrogen-bond donors (Lipinski definition) is 1. The predicted molar refractivity (Wildman–Crippen MR) is 70.6 cm³/mol. The second-order valence-corrected chi connectivity index (χ2v) is 6.93. The largest absolute Gasteiger partial charge is 0.324 e. The Hall–Kier alpha value is -0.870. The summed E-state index contributed by atoms with van der Waals surface area (Å²) in [6.45, 7) is 4.33. The molecule has 1 rings (SSSR count). The van der Waals surface area contributed by atoms with Gasteiger partial charge in [0, 0.05) is 12.3 Å². The van der Waals surface area contributed by atoms with Crippen molar-refractivity contribution in [2.24, 2.45) is 11.7 Å². The van der Waals surface area contributed by atoms with Gasteiger partial charge in [0.15, 0.2) is 9.84 Å².